The van der Waals surface area contributed by atoms with Crippen LogP contribution in [0.2, 0.25) is 0 Å². The zero-order valence-corrected chi connectivity index (χ0v) is 11.8. The molecule has 1 rings (SSSR count). The maximum atomic E-state index is 9.78. The molecule has 4 unspecified atom stereocenters. The third-order valence-corrected chi connectivity index (χ3v) is 5.32. The second kappa shape index (κ2) is 5.53. The summed E-state index contributed by atoms with van der Waals surface area (Å²) in [7, 11) is 0. The van der Waals surface area contributed by atoms with Crippen LogP contribution in [0.15, 0.2) is 0 Å². The largest absolute Gasteiger partial charge is 0.393 e. The van der Waals surface area contributed by atoms with Gasteiger partial charge in [0.15, 0.2) is 0 Å². The summed E-state index contributed by atoms with van der Waals surface area (Å²) in [5.74, 6) is 2.20. The summed E-state index contributed by atoms with van der Waals surface area (Å²) in [5.41, 5.74) is 0.511. The lowest BCUT2D eigenvalue weighted by Crippen LogP contribution is -2.25. The first kappa shape index (κ1) is 14.0. The number of aliphatic hydroxyl groups is 1. The molecule has 4 atom stereocenters. The van der Waals surface area contributed by atoms with Gasteiger partial charge in [0.2, 0.25) is 0 Å². The number of hydrogen-bond acceptors (Lipinski definition) is 1. The van der Waals surface area contributed by atoms with Crippen LogP contribution in [0.5, 0.6) is 0 Å². The van der Waals surface area contributed by atoms with E-state index in [1.54, 1.807) is 0 Å². The van der Waals surface area contributed by atoms with Gasteiger partial charge in [-0.15, -0.1) is 0 Å². The highest BCUT2D eigenvalue weighted by Gasteiger charge is 2.39. The summed E-state index contributed by atoms with van der Waals surface area (Å²) in [6, 6.07) is 0. The maximum absolute atomic E-state index is 9.78. The van der Waals surface area contributed by atoms with Gasteiger partial charge in [0.05, 0.1) is 6.10 Å². The lowest BCUT2D eigenvalue weighted by atomic mass is 9.73. The van der Waals surface area contributed by atoms with Gasteiger partial charge in [-0.1, -0.05) is 34.6 Å². The van der Waals surface area contributed by atoms with Crippen molar-refractivity contribution < 1.29 is 5.11 Å². The zero-order valence-electron chi connectivity index (χ0n) is 11.8. The second-order valence-electron chi connectivity index (χ2n) is 6.53. The molecule has 0 heterocycles. The molecule has 1 N–H and O–H groups in total. The molecule has 1 aliphatic carbocycles. The first-order valence-electron chi connectivity index (χ1n) is 7.07. The highest BCUT2D eigenvalue weighted by atomic mass is 16.3. The van der Waals surface area contributed by atoms with Crippen molar-refractivity contribution >= 4 is 0 Å². The summed E-state index contributed by atoms with van der Waals surface area (Å²) < 4.78 is 0. The summed E-state index contributed by atoms with van der Waals surface area (Å²) in [6.45, 7) is 11.5. The van der Waals surface area contributed by atoms with Crippen molar-refractivity contribution in [3.05, 3.63) is 0 Å². The van der Waals surface area contributed by atoms with E-state index < -0.39 is 0 Å². The molecule has 1 heteroatoms. The molecule has 96 valence electrons. The topological polar surface area (TPSA) is 20.2 Å². The van der Waals surface area contributed by atoms with E-state index >= 15 is 0 Å². The molecule has 1 fully saturated rings. The van der Waals surface area contributed by atoms with E-state index in [4.69, 9.17) is 0 Å². The summed E-state index contributed by atoms with van der Waals surface area (Å²) in [6.07, 6.45) is 6.07. The van der Waals surface area contributed by atoms with Gasteiger partial charge in [-0.2, -0.15) is 0 Å². The number of rotatable bonds is 5. The molecule has 1 saturated carbocycles. The number of hydrogen-bond donors (Lipinski definition) is 1. The molecular weight excluding hydrogens is 196 g/mol. The Kier molecular flexibility index (Phi) is 4.85. The van der Waals surface area contributed by atoms with E-state index in [2.05, 4.69) is 34.6 Å². The fourth-order valence-electron chi connectivity index (χ4n) is 3.17. The Balaban J connectivity index is 2.39. The van der Waals surface area contributed by atoms with E-state index in [0.29, 0.717) is 11.3 Å². The fourth-order valence-corrected chi connectivity index (χ4v) is 3.17. The van der Waals surface area contributed by atoms with Crippen LogP contribution in [0.3, 0.4) is 0 Å². The lowest BCUT2D eigenvalue weighted by molar-refractivity contribution is 0.0958. The fraction of sp³-hybridized carbons (Fsp3) is 1.00. The quantitative estimate of drug-likeness (QED) is 0.743. The van der Waals surface area contributed by atoms with Crippen LogP contribution in [-0.4, -0.2) is 11.2 Å². The minimum Gasteiger partial charge on any atom is -0.393 e. The van der Waals surface area contributed by atoms with Gasteiger partial charge in [0, 0.05) is 0 Å². The van der Waals surface area contributed by atoms with Gasteiger partial charge >= 0.3 is 0 Å². The molecule has 0 aromatic carbocycles. The van der Waals surface area contributed by atoms with Crippen LogP contribution in [-0.2, 0) is 0 Å². The molecule has 0 aromatic heterocycles. The summed E-state index contributed by atoms with van der Waals surface area (Å²) >= 11 is 0. The third-order valence-electron chi connectivity index (χ3n) is 5.32. The van der Waals surface area contributed by atoms with Gasteiger partial charge in [-0.3, -0.25) is 0 Å². The Labute approximate surface area is 102 Å². The minimum atomic E-state index is -0.0954. The lowest BCUT2D eigenvalue weighted by Gasteiger charge is -2.32. The second-order valence-corrected chi connectivity index (χ2v) is 6.53. The molecular formula is C15H30O. The van der Waals surface area contributed by atoms with Crippen LogP contribution < -0.4 is 0 Å². The molecule has 16 heavy (non-hydrogen) atoms. The van der Waals surface area contributed by atoms with Gasteiger partial charge in [-0.05, 0) is 55.3 Å². The van der Waals surface area contributed by atoms with Crippen LogP contribution in [0.1, 0.15) is 66.7 Å². The Morgan fingerprint density at radius 2 is 1.94 bits per heavy atom. The van der Waals surface area contributed by atoms with E-state index in [0.717, 1.165) is 18.3 Å². The SMILES string of the molecule is CCC(O)C(C)CCC1CCC(C)C1(C)C. The summed E-state index contributed by atoms with van der Waals surface area (Å²) in [5, 5.41) is 9.78. The zero-order chi connectivity index (χ0) is 12.3. The van der Waals surface area contributed by atoms with Gasteiger partial charge < -0.3 is 5.11 Å². The minimum absolute atomic E-state index is 0.0954. The Hall–Kier alpha value is -0.0400. The molecule has 0 spiro atoms. The van der Waals surface area contributed by atoms with Crippen LogP contribution in [0.4, 0.5) is 0 Å². The maximum Gasteiger partial charge on any atom is 0.0563 e. The van der Waals surface area contributed by atoms with Crippen LogP contribution in [0.25, 0.3) is 0 Å². The molecule has 0 radical (unpaired) electrons. The normalized spacial score (nSPS) is 32.6. The molecule has 1 nitrogen and oxygen atoms in total. The molecule has 0 amide bonds. The standard InChI is InChI=1S/C15H30O/c1-6-14(16)11(2)7-9-13-10-8-12(3)15(13,4)5/h11-14,16H,6-10H2,1-5H3. The monoisotopic (exact) mass is 226 g/mol. The molecule has 0 aromatic rings. The van der Waals surface area contributed by atoms with Crippen molar-refractivity contribution in [2.24, 2.45) is 23.2 Å². The highest BCUT2D eigenvalue weighted by molar-refractivity contribution is 4.89. The third kappa shape index (κ3) is 3.00. The van der Waals surface area contributed by atoms with Crippen LogP contribution >= 0.6 is 0 Å². The Morgan fingerprint density at radius 1 is 1.31 bits per heavy atom. The van der Waals surface area contributed by atoms with E-state index in [1.165, 1.54) is 25.7 Å². The smallest absolute Gasteiger partial charge is 0.0563 e. The average Bonchev–Trinajstić information content (AvgIpc) is 2.50. The molecule has 0 aliphatic heterocycles. The van der Waals surface area contributed by atoms with Crippen molar-refractivity contribution in [2.75, 3.05) is 0 Å². The van der Waals surface area contributed by atoms with E-state index in [9.17, 15) is 5.11 Å². The van der Waals surface area contributed by atoms with Crippen molar-refractivity contribution in [1.29, 1.82) is 0 Å². The predicted octanol–water partition coefficient (Wildman–Crippen LogP) is 4.25. The van der Waals surface area contributed by atoms with E-state index in [1.807, 2.05) is 0 Å². The van der Waals surface area contributed by atoms with Crippen LogP contribution in [0, 0.1) is 23.2 Å². The first-order valence-corrected chi connectivity index (χ1v) is 7.07. The predicted molar refractivity (Wildman–Crippen MR) is 70.4 cm³/mol. The van der Waals surface area contributed by atoms with Gasteiger partial charge in [-0.25, -0.2) is 0 Å². The van der Waals surface area contributed by atoms with Crippen molar-refractivity contribution in [3.63, 3.8) is 0 Å². The average molecular weight is 226 g/mol. The molecule has 1 aliphatic rings. The first-order chi connectivity index (χ1) is 7.39. The van der Waals surface area contributed by atoms with Crippen molar-refractivity contribution in [3.8, 4) is 0 Å². The van der Waals surface area contributed by atoms with Gasteiger partial charge in [0.1, 0.15) is 0 Å². The van der Waals surface area contributed by atoms with E-state index in [-0.39, 0.29) is 6.10 Å². The van der Waals surface area contributed by atoms with Crippen molar-refractivity contribution in [2.45, 2.75) is 72.8 Å². The molecule has 0 bridgehead atoms. The Bertz CT molecular complexity index is 209. The summed E-state index contributed by atoms with van der Waals surface area (Å²) in [4.78, 5) is 0. The Morgan fingerprint density at radius 3 is 2.38 bits per heavy atom. The van der Waals surface area contributed by atoms with Gasteiger partial charge in [0.25, 0.3) is 0 Å². The molecule has 0 saturated heterocycles. The highest BCUT2D eigenvalue weighted by Crippen LogP contribution is 2.49. The number of aliphatic hydroxyl groups excluding tert-OH is 1. The van der Waals surface area contributed by atoms with Crippen molar-refractivity contribution in [1.82, 2.24) is 0 Å².